The van der Waals surface area contributed by atoms with Crippen molar-refractivity contribution in [2.75, 3.05) is 0 Å². The van der Waals surface area contributed by atoms with Crippen molar-refractivity contribution in [1.82, 2.24) is 0 Å². The number of para-hydroxylation sites is 1. The summed E-state index contributed by atoms with van der Waals surface area (Å²) >= 11 is 3.34. The Morgan fingerprint density at radius 3 is 2.20 bits per heavy atom. The van der Waals surface area contributed by atoms with E-state index in [-0.39, 0.29) is 16.9 Å². The number of rotatable bonds is 4. The molecular weight excluding hydrogens is 384 g/mol. The predicted molar refractivity (Wildman–Crippen MR) is 100 cm³/mol. The molecule has 0 aliphatic heterocycles. The van der Waals surface area contributed by atoms with Gasteiger partial charge < -0.3 is 9.84 Å². The fourth-order valence-electron chi connectivity index (χ4n) is 2.09. The van der Waals surface area contributed by atoms with E-state index in [1.165, 1.54) is 18.2 Å². The van der Waals surface area contributed by atoms with Gasteiger partial charge in [-0.1, -0.05) is 40.2 Å². The number of benzene rings is 2. The minimum absolute atomic E-state index is 0.0525. The van der Waals surface area contributed by atoms with Gasteiger partial charge in [0.15, 0.2) is 0 Å². The molecule has 0 amide bonds. The van der Waals surface area contributed by atoms with Gasteiger partial charge in [-0.25, -0.2) is 4.79 Å². The van der Waals surface area contributed by atoms with E-state index in [2.05, 4.69) is 15.9 Å². The largest absolute Gasteiger partial charge is 0.507 e. The molecule has 0 saturated carbocycles. The SMILES string of the molecule is CC(C)(C)OC(=O)C(=Cc1ccc(Br)cc1)C(=O)c1ccccc1O. The fraction of sp³-hybridized carbons (Fsp3) is 0.200. The number of hydrogen-bond acceptors (Lipinski definition) is 4. The van der Waals surface area contributed by atoms with Crippen LogP contribution < -0.4 is 0 Å². The lowest BCUT2D eigenvalue weighted by Crippen LogP contribution is -2.27. The summed E-state index contributed by atoms with van der Waals surface area (Å²) < 4.78 is 6.24. The second-order valence-corrected chi connectivity index (χ2v) is 7.37. The number of carbonyl (C=O) groups is 2. The van der Waals surface area contributed by atoms with Crippen LogP contribution >= 0.6 is 15.9 Å². The first-order valence-electron chi connectivity index (χ1n) is 7.71. The van der Waals surface area contributed by atoms with Crippen molar-refractivity contribution in [3.8, 4) is 5.75 Å². The van der Waals surface area contributed by atoms with Crippen molar-refractivity contribution in [2.45, 2.75) is 26.4 Å². The molecule has 0 aromatic heterocycles. The standard InChI is InChI=1S/C20H19BrO4/c1-20(2,3)25-19(24)16(12-13-8-10-14(21)11-9-13)18(23)15-6-4-5-7-17(15)22/h4-12,22H,1-3H3. The highest BCUT2D eigenvalue weighted by atomic mass is 79.9. The minimum atomic E-state index is -0.741. The molecule has 0 aliphatic carbocycles. The van der Waals surface area contributed by atoms with Crippen LogP contribution in [0.2, 0.25) is 0 Å². The van der Waals surface area contributed by atoms with E-state index in [4.69, 9.17) is 4.74 Å². The number of esters is 1. The maximum Gasteiger partial charge on any atom is 0.342 e. The molecule has 0 radical (unpaired) electrons. The van der Waals surface area contributed by atoms with Crippen LogP contribution in [0.5, 0.6) is 5.75 Å². The molecule has 1 N–H and O–H groups in total. The number of ether oxygens (including phenoxy) is 1. The highest BCUT2D eigenvalue weighted by Crippen LogP contribution is 2.23. The molecule has 0 aliphatic rings. The minimum Gasteiger partial charge on any atom is -0.507 e. The van der Waals surface area contributed by atoms with Gasteiger partial charge in [0.05, 0.1) is 5.56 Å². The van der Waals surface area contributed by atoms with Gasteiger partial charge in [0, 0.05) is 4.47 Å². The van der Waals surface area contributed by atoms with Crippen molar-refractivity contribution in [3.05, 3.63) is 69.7 Å². The van der Waals surface area contributed by atoms with Crippen molar-refractivity contribution in [2.24, 2.45) is 0 Å². The Morgan fingerprint density at radius 1 is 1.04 bits per heavy atom. The zero-order valence-electron chi connectivity index (χ0n) is 14.2. The molecule has 130 valence electrons. The van der Waals surface area contributed by atoms with Crippen molar-refractivity contribution in [1.29, 1.82) is 0 Å². The van der Waals surface area contributed by atoms with Crippen LogP contribution in [0.25, 0.3) is 6.08 Å². The lowest BCUT2D eigenvalue weighted by Gasteiger charge is -2.20. The maximum absolute atomic E-state index is 12.8. The number of carbonyl (C=O) groups excluding carboxylic acids is 2. The Hall–Kier alpha value is -2.40. The van der Waals surface area contributed by atoms with Crippen LogP contribution in [0.4, 0.5) is 0 Å². The molecule has 0 saturated heterocycles. The summed E-state index contributed by atoms with van der Waals surface area (Å²) in [6.07, 6.45) is 1.47. The van der Waals surface area contributed by atoms with Gasteiger partial charge in [0.1, 0.15) is 16.9 Å². The van der Waals surface area contributed by atoms with E-state index in [0.717, 1.165) is 4.47 Å². The molecule has 2 aromatic carbocycles. The summed E-state index contributed by atoms with van der Waals surface area (Å²) in [7, 11) is 0. The average molecular weight is 403 g/mol. The Labute approximate surface area is 155 Å². The van der Waals surface area contributed by atoms with E-state index in [9.17, 15) is 14.7 Å². The van der Waals surface area contributed by atoms with Crippen LogP contribution in [-0.4, -0.2) is 22.5 Å². The summed E-state index contributed by atoms with van der Waals surface area (Å²) in [4.78, 5) is 25.4. The smallest absolute Gasteiger partial charge is 0.342 e. The zero-order chi connectivity index (χ0) is 18.6. The number of ketones is 1. The zero-order valence-corrected chi connectivity index (χ0v) is 15.8. The van der Waals surface area contributed by atoms with Crippen LogP contribution in [0.15, 0.2) is 58.6 Å². The number of phenols is 1. The van der Waals surface area contributed by atoms with Gasteiger partial charge in [0.25, 0.3) is 0 Å². The first kappa shape index (κ1) is 18.9. The lowest BCUT2D eigenvalue weighted by atomic mass is 10.00. The topological polar surface area (TPSA) is 63.6 Å². The second kappa shape index (κ2) is 7.66. The molecule has 0 heterocycles. The molecule has 0 atom stereocenters. The first-order valence-corrected chi connectivity index (χ1v) is 8.50. The lowest BCUT2D eigenvalue weighted by molar-refractivity contribution is -0.149. The average Bonchev–Trinajstić information content (AvgIpc) is 2.52. The Bertz CT molecular complexity index is 814. The molecule has 2 aromatic rings. The summed E-state index contributed by atoms with van der Waals surface area (Å²) in [5.41, 5.74) is -0.155. The molecule has 2 rings (SSSR count). The van der Waals surface area contributed by atoms with Crippen molar-refractivity contribution < 1.29 is 19.4 Å². The Balaban J connectivity index is 2.48. The molecular formula is C20H19BrO4. The van der Waals surface area contributed by atoms with E-state index >= 15 is 0 Å². The number of aromatic hydroxyl groups is 1. The van der Waals surface area contributed by atoms with E-state index in [0.29, 0.717) is 5.56 Å². The van der Waals surface area contributed by atoms with Crippen LogP contribution in [0.1, 0.15) is 36.7 Å². The third-order valence-corrected chi connectivity index (χ3v) is 3.72. The molecule has 25 heavy (non-hydrogen) atoms. The maximum atomic E-state index is 12.8. The van der Waals surface area contributed by atoms with Gasteiger partial charge >= 0.3 is 5.97 Å². The number of halogens is 1. The third-order valence-electron chi connectivity index (χ3n) is 3.19. The third kappa shape index (κ3) is 5.29. The fourth-order valence-corrected chi connectivity index (χ4v) is 2.35. The second-order valence-electron chi connectivity index (χ2n) is 6.46. The molecule has 0 fully saturated rings. The molecule has 0 bridgehead atoms. The Morgan fingerprint density at radius 2 is 1.64 bits per heavy atom. The van der Waals surface area contributed by atoms with Gasteiger partial charge in [-0.05, 0) is 56.7 Å². The van der Waals surface area contributed by atoms with Gasteiger partial charge in [0.2, 0.25) is 5.78 Å². The van der Waals surface area contributed by atoms with E-state index < -0.39 is 17.4 Å². The van der Waals surface area contributed by atoms with Crippen LogP contribution in [0, 0.1) is 0 Å². The van der Waals surface area contributed by atoms with E-state index in [1.807, 2.05) is 12.1 Å². The molecule has 5 heteroatoms. The molecule has 0 unspecified atom stereocenters. The van der Waals surface area contributed by atoms with Crippen molar-refractivity contribution >= 4 is 33.8 Å². The quantitative estimate of drug-likeness (QED) is 0.263. The first-order chi connectivity index (χ1) is 11.7. The summed E-state index contributed by atoms with van der Waals surface area (Å²) in [6.45, 7) is 5.19. The number of Topliss-reactive ketones (excluding diaryl/α,β-unsaturated/α-hetero) is 1. The summed E-state index contributed by atoms with van der Waals surface area (Å²) in [6, 6.07) is 13.3. The highest BCUT2D eigenvalue weighted by Gasteiger charge is 2.27. The van der Waals surface area contributed by atoms with Crippen molar-refractivity contribution in [3.63, 3.8) is 0 Å². The number of hydrogen-bond donors (Lipinski definition) is 1. The molecule has 4 nitrogen and oxygen atoms in total. The monoisotopic (exact) mass is 402 g/mol. The predicted octanol–water partition coefficient (Wildman–Crippen LogP) is 4.76. The van der Waals surface area contributed by atoms with Crippen LogP contribution in [0.3, 0.4) is 0 Å². The Kier molecular flexibility index (Phi) is 5.80. The summed E-state index contributed by atoms with van der Waals surface area (Å²) in [5, 5.41) is 9.94. The summed E-state index contributed by atoms with van der Waals surface area (Å²) in [5.74, 6) is -1.50. The van der Waals surface area contributed by atoms with E-state index in [1.54, 1.807) is 45.0 Å². The number of phenolic OH excluding ortho intramolecular Hbond substituents is 1. The normalized spacial score (nSPS) is 11.9. The van der Waals surface area contributed by atoms with Crippen LogP contribution in [-0.2, 0) is 9.53 Å². The van der Waals surface area contributed by atoms with Gasteiger partial charge in [-0.2, -0.15) is 0 Å². The van der Waals surface area contributed by atoms with Gasteiger partial charge in [-0.15, -0.1) is 0 Å². The van der Waals surface area contributed by atoms with Gasteiger partial charge in [-0.3, -0.25) is 4.79 Å². The highest BCUT2D eigenvalue weighted by molar-refractivity contribution is 9.10. The molecule has 0 spiro atoms.